The van der Waals surface area contributed by atoms with Crippen LogP contribution in [0.4, 0.5) is 8.78 Å². The molecule has 2 aromatic heterocycles. The minimum atomic E-state index is -0.702. The number of amides is 1. The van der Waals surface area contributed by atoms with E-state index in [0.717, 1.165) is 22.7 Å². The smallest absolute Gasteiger partial charge is 0.230 e. The summed E-state index contributed by atoms with van der Waals surface area (Å²) in [4.78, 5) is 13.5. The largest absolute Gasteiger partial charge is 0.495 e. The number of aromatic nitrogens is 3. The second-order valence-electron chi connectivity index (χ2n) is 7.03. The van der Waals surface area contributed by atoms with E-state index in [9.17, 15) is 13.6 Å². The van der Waals surface area contributed by atoms with Gasteiger partial charge in [-0.2, -0.15) is 0 Å². The van der Waals surface area contributed by atoms with Crippen molar-refractivity contribution in [3.63, 3.8) is 0 Å². The van der Waals surface area contributed by atoms with E-state index in [0.29, 0.717) is 16.7 Å². The second kappa shape index (κ2) is 10.1. The van der Waals surface area contributed by atoms with Crippen molar-refractivity contribution in [1.82, 2.24) is 20.1 Å². The SMILES string of the molecule is COc1ccccc1-n1c(SCC(=O)NC(C)c2ccc(F)cc2F)nnc1-c1cccs1. The number of rotatable bonds is 8. The molecule has 33 heavy (non-hydrogen) atoms. The average molecular weight is 487 g/mol. The first-order valence-corrected chi connectivity index (χ1v) is 11.8. The Kier molecular flexibility index (Phi) is 7.05. The molecule has 0 aliphatic rings. The number of hydrogen-bond donors (Lipinski definition) is 1. The number of methoxy groups -OCH3 is 1. The number of carbonyl (C=O) groups excluding carboxylic acids is 1. The van der Waals surface area contributed by atoms with Crippen LogP contribution in [0.25, 0.3) is 16.4 Å². The molecule has 0 aliphatic carbocycles. The number of nitrogens with zero attached hydrogens (tertiary/aromatic N) is 3. The van der Waals surface area contributed by atoms with E-state index < -0.39 is 17.7 Å². The molecule has 1 unspecified atom stereocenters. The van der Waals surface area contributed by atoms with Gasteiger partial charge in [0.05, 0.1) is 29.5 Å². The summed E-state index contributed by atoms with van der Waals surface area (Å²) in [5.41, 5.74) is 0.963. The number of hydrogen-bond acceptors (Lipinski definition) is 6. The van der Waals surface area contributed by atoms with Gasteiger partial charge in [-0.15, -0.1) is 21.5 Å². The summed E-state index contributed by atoms with van der Waals surface area (Å²) in [5, 5.41) is 13.9. The number of nitrogens with one attached hydrogen (secondary N) is 1. The predicted octanol–water partition coefficient (Wildman–Crippen LogP) is 5.25. The van der Waals surface area contributed by atoms with E-state index in [1.54, 1.807) is 14.0 Å². The molecule has 6 nitrogen and oxygen atoms in total. The Morgan fingerprint density at radius 3 is 2.73 bits per heavy atom. The van der Waals surface area contributed by atoms with E-state index in [-0.39, 0.29) is 17.2 Å². The summed E-state index contributed by atoms with van der Waals surface area (Å²) in [6, 6.07) is 14.0. The lowest BCUT2D eigenvalue weighted by Gasteiger charge is -2.16. The van der Waals surface area contributed by atoms with E-state index in [1.807, 2.05) is 46.3 Å². The molecular formula is C23H20F2N4O2S2. The van der Waals surface area contributed by atoms with Gasteiger partial charge in [0, 0.05) is 11.6 Å². The van der Waals surface area contributed by atoms with Crippen molar-refractivity contribution in [2.75, 3.05) is 12.9 Å². The van der Waals surface area contributed by atoms with Crippen LogP contribution in [-0.2, 0) is 4.79 Å². The van der Waals surface area contributed by atoms with Crippen LogP contribution >= 0.6 is 23.1 Å². The molecule has 170 valence electrons. The van der Waals surface area contributed by atoms with Crippen molar-refractivity contribution in [2.45, 2.75) is 18.1 Å². The Balaban J connectivity index is 1.55. The van der Waals surface area contributed by atoms with Gasteiger partial charge in [-0.05, 0) is 36.6 Å². The van der Waals surface area contributed by atoms with Gasteiger partial charge in [-0.25, -0.2) is 8.78 Å². The maximum atomic E-state index is 14.0. The third-order valence-electron chi connectivity index (χ3n) is 4.84. The number of benzene rings is 2. The van der Waals surface area contributed by atoms with Crippen LogP contribution in [0.1, 0.15) is 18.5 Å². The first-order valence-electron chi connectivity index (χ1n) is 9.97. The molecule has 0 spiro atoms. The van der Waals surface area contributed by atoms with Gasteiger partial charge < -0.3 is 10.1 Å². The van der Waals surface area contributed by atoms with Gasteiger partial charge in [0.25, 0.3) is 0 Å². The monoisotopic (exact) mass is 486 g/mol. The van der Waals surface area contributed by atoms with E-state index in [1.165, 1.54) is 29.2 Å². The first kappa shape index (κ1) is 22.9. The van der Waals surface area contributed by atoms with Crippen LogP contribution < -0.4 is 10.1 Å². The summed E-state index contributed by atoms with van der Waals surface area (Å²) in [6.45, 7) is 1.64. The fraction of sp³-hybridized carbons (Fsp3) is 0.174. The van der Waals surface area contributed by atoms with Crippen LogP contribution in [-0.4, -0.2) is 33.5 Å². The summed E-state index contributed by atoms with van der Waals surface area (Å²) in [5.74, 6) is -0.371. The molecule has 10 heteroatoms. The van der Waals surface area contributed by atoms with Crippen molar-refractivity contribution in [2.24, 2.45) is 0 Å². The third-order valence-corrected chi connectivity index (χ3v) is 6.63. The minimum Gasteiger partial charge on any atom is -0.495 e. The van der Waals surface area contributed by atoms with E-state index in [4.69, 9.17) is 4.74 Å². The van der Waals surface area contributed by atoms with Crippen molar-refractivity contribution < 1.29 is 18.3 Å². The fourth-order valence-electron chi connectivity index (χ4n) is 3.30. The van der Waals surface area contributed by atoms with Crippen LogP contribution in [0.5, 0.6) is 5.75 Å². The molecule has 2 heterocycles. The van der Waals surface area contributed by atoms with Crippen molar-refractivity contribution in [3.8, 4) is 22.1 Å². The highest BCUT2D eigenvalue weighted by Gasteiger charge is 2.21. The zero-order valence-corrected chi connectivity index (χ0v) is 19.4. The number of carbonyl (C=O) groups is 1. The Morgan fingerprint density at radius 2 is 2.00 bits per heavy atom. The highest BCUT2D eigenvalue weighted by atomic mass is 32.2. The topological polar surface area (TPSA) is 69.0 Å². The molecule has 0 saturated heterocycles. The van der Waals surface area contributed by atoms with E-state index >= 15 is 0 Å². The molecule has 0 radical (unpaired) electrons. The molecule has 0 aliphatic heterocycles. The lowest BCUT2D eigenvalue weighted by Crippen LogP contribution is -2.28. The summed E-state index contributed by atoms with van der Waals surface area (Å²) >= 11 is 2.73. The Labute approximate surface area is 197 Å². The maximum absolute atomic E-state index is 14.0. The molecule has 1 N–H and O–H groups in total. The average Bonchev–Trinajstić information content (AvgIpc) is 3.47. The number of thioether (sulfide) groups is 1. The van der Waals surface area contributed by atoms with Crippen molar-refractivity contribution >= 4 is 29.0 Å². The lowest BCUT2D eigenvalue weighted by molar-refractivity contribution is -0.119. The number of para-hydroxylation sites is 2. The first-order chi connectivity index (χ1) is 16.0. The summed E-state index contributed by atoms with van der Waals surface area (Å²) in [6.07, 6.45) is 0. The van der Waals surface area contributed by atoms with Crippen LogP contribution in [0.3, 0.4) is 0 Å². The Hall–Kier alpha value is -3.24. The zero-order valence-electron chi connectivity index (χ0n) is 17.8. The molecular weight excluding hydrogens is 466 g/mol. The van der Waals surface area contributed by atoms with Crippen LogP contribution in [0.15, 0.2) is 65.1 Å². The quantitative estimate of drug-likeness (QED) is 0.345. The molecule has 4 rings (SSSR count). The highest BCUT2D eigenvalue weighted by molar-refractivity contribution is 7.99. The lowest BCUT2D eigenvalue weighted by atomic mass is 10.1. The summed E-state index contributed by atoms with van der Waals surface area (Å²) in [7, 11) is 1.59. The molecule has 0 fully saturated rings. The fourth-order valence-corrected chi connectivity index (χ4v) is 4.76. The Bertz CT molecular complexity index is 1260. The Morgan fingerprint density at radius 1 is 1.18 bits per heavy atom. The number of halogens is 2. The van der Waals surface area contributed by atoms with Gasteiger partial charge in [-0.1, -0.05) is 36.0 Å². The van der Waals surface area contributed by atoms with Gasteiger partial charge in [0.1, 0.15) is 17.4 Å². The molecule has 0 bridgehead atoms. The normalized spacial score (nSPS) is 11.9. The number of thiophene rings is 1. The van der Waals surface area contributed by atoms with Gasteiger partial charge in [0.15, 0.2) is 11.0 Å². The van der Waals surface area contributed by atoms with Gasteiger partial charge >= 0.3 is 0 Å². The standard InChI is InChI=1S/C23H20F2N4O2S2/c1-14(16-10-9-15(24)12-17(16)25)26-21(30)13-33-23-28-27-22(20-8-5-11-32-20)29(23)18-6-3-4-7-19(18)31-2/h3-12,14H,13H2,1-2H3,(H,26,30). The van der Waals surface area contributed by atoms with E-state index in [2.05, 4.69) is 15.5 Å². The molecule has 1 amide bonds. The molecule has 1 atom stereocenters. The molecule has 4 aromatic rings. The predicted molar refractivity (Wildman–Crippen MR) is 125 cm³/mol. The second-order valence-corrected chi connectivity index (χ2v) is 8.92. The van der Waals surface area contributed by atoms with Gasteiger partial charge in [0.2, 0.25) is 5.91 Å². The van der Waals surface area contributed by atoms with Gasteiger partial charge in [-0.3, -0.25) is 9.36 Å². The summed E-state index contributed by atoms with van der Waals surface area (Å²) < 4.78 is 34.6. The molecule has 2 aromatic carbocycles. The van der Waals surface area contributed by atoms with Crippen LogP contribution in [0, 0.1) is 11.6 Å². The molecule has 0 saturated carbocycles. The minimum absolute atomic E-state index is 0.0326. The van der Waals surface area contributed by atoms with Crippen molar-refractivity contribution in [3.05, 3.63) is 77.2 Å². The maximum Gasteiger partial charge on any atom is 0.230 e. The van der Waals surface area contributed by atoms with Crippen molar-refractivity contribution in [1.29, 1.82) is 0 Å². The third kappa shape index (κ3) is 5.07. The highest BCUT2D eigenvalue weighted by Crippen LogP contribution is 2.34. The van der Waals surface area contributed by atoms with Crippen LogP contribution in [0.2, 0.25) is 0 Å². The number of ether oxygens (including phenoxy) is 1. The zero-order chi connectivity index (χ0) is 23.4.